The monoisotopic (exact) mass is 339 g/mol. The molecule has 0 bridgehead atoms. The summed E-state index contributed by atoms with van der Waals surface area (Å²) in [6.07, 6.45) is -5.70. The van der Waals surface area contributed by atoms with E-state index in [0.29, 0.717) is 16.4 Å². The molecular formula is C13H17ClF3N3O2. The van der Waals surface area contributed by atoms with E-state index >= 15 is 0 Å². The Morgan fingerprint density at radius 2 is 1.91 bits per heavy atom. The lowest BCUT2D eigenvalue weighted by molar-refractivity contribution is -0.272. The number of aromatic nitrogens is 2. The fraction of sp³-hybridized carbons (Fsp3) is 0.692. The van der Waals surface area contributed by atoms with E-state index < -0.39 is 24.6 Å². The van der Waals surface area contributed by atoms with Crippen molar-refractivity contribution in [1.29, 1.82) is 0 Å². The molecule has 0 unspecified atom stereocenters. The van der Waals surface area contributed by atoms with Gasteiger partial charge in [0.25, 0.3) is 0 Å². The maximum Gasteiger partial charge on any atom is 0.417 e. The number of aryl methyl sites for hydroxylation is 1. The molecule has 0 saturated carbocycles. The molecule has 2 heterocycles. The molecule has 1 fully saturated rings. The van der Waals surface area contributed by atoms with Gasteiger partial charge in [-0.25, -0.2) is 0 Å². The number of alkyl halides is 3. The van der Waals surface area contributed by atoms with Gasteiger partial charge in [0.1, 0.15) is 6.54 Å². The maximum atomic E-state index is 12.7. The lowest BCUT2D eigenvalue weighted by Gasteiger charge is -2.39. The molecule has 1 aliphatic rings. The summed E-state index contributed by atoms with van der Waals surface area (Å²) < 4.78 is 39.6. The van der Waals surface area contributed by atoms with Crippen molar-refractivity contribution in [3.05, 3.63) is 16.4 Å². The molecule has 1 saturated heterocycles. The summed E-state index contributed by atoms with van der Waals surface area (Å²) in [4.78, 5) is 13.5. The van der Waals surface area contributed by atoms with E-state index in [4.69, 9.17) is 11.6 Å². The molecule has 0 radical (unpaired) electrons. The van der Waals surface area contributed by atoms with Crippen LogP contribution in [0.25, 0.3) is 0 Å². The zero-order valence-electron chi connectivity index (χ0n) is 12.2. The van der Waals surface area contributed by atoms with Gasteiger partial charge in [0.05, 0.1) is 16.4 Å². The van der Waals surface area contributed by atoms with Gasteiger partial charge in [0.15, 0.2) is 5.60 Å². The highest BCUT2D eigenvalue weighted by molar-refractivity contribution is 6.31. The molecule has 1 aliphatic heterocycles. The third-order valence-corrected chi connectivity index (χ3v) is 4.60. The van der Waals surface area contributed by atoms with Gasteiger partial charge in [-0.15, -0.1) is 0 Å². The average molecular weight is 340 g/mol. The van der Waals surface area contributed by atoms with Crippen LogP contribution in [0.4, 0.5) is 13.2 Å². The van der Waals surface area contributed by atoms with Gasteiger partial charge in [0.2, 0.25) is 5.91 Å². The van der Waals surface area contributed by atoms with Crippen molar-refractivity contribution in [3.8, 4) is 0 Å². The van der Waals surface area contributed by atoms with Gasteiger partial charge in [-0.1, -0.05) is 11.6 Å². The molecule has 0 spiro atoms. The number of aliphatic hydroxyl groups is 1. The predicted molar refractivity (Wildman–Crippen MR) is 73.5 cm³/mol. The van der Waals surface area contributed by atoms with Crippen molar-refractivity contribution >= 4 is 17.5 Å². The Hall–Kier alpha value is -1.28. The van der Waals surface area contributed by atoms with Crippen LogP contribution in [0, 0.1) is 13.8 Å². The summed E-state index contributed by atoms with van der Waals surface area (Å²) in [7, 11) is 0. The minimum atomic E-state index is -4.68. The fourth-order valence-electron chi connectivity index (χ4n) is 2.47. The van der Waals surface area contributed by atoms with Crippen LogP contribution in [0.1, 0.15) is 24.2 Å². The number of rotatable bonds is 2. The van der Waals surface area contributed by atoms with Crippen LogP contribution in [0.2, 0.25) is 5.02 Å². The second-order valence-corrected chi connectivity index (χ2v) is 5.93. The highest BCUT2D eigenvalue weighted by Gasteiger charge is 2.54. The Balaban J connectivity index is 2.00. The van der Waals surface area contributed by atoms with Gasteiger partial charge in [-0.05, 0) is 13.8 Å². The lowest BCUT2D eigenvalue weighted by atomic mass is 9.91. The second-order valence-electron chi connectivity index (χ2n) is 5.55. The number of hydrogen-bond acceptors (Lipinski definition) is 3. The normalized spacial score (nSPS) is 18.6. The summed E-state index contributed by atoms with van der Waals surface area (Å²) in [6, 6.07) is 0. The first-order valence-corrected chi connectivity index (χ1v) is 7.19. The van der Waals surface area contributed by atoms with Gasteiger partial charge >= 0.3 is 6.18 Å². The van der Waals surface area contributed by atoms with Crippen LogP contribution < -0.4 is 0 Å². The minimum absolute atomic E-state index is 0.0795. The van der Waals surface area contributed by atoms with E-state index in [-0.39, 0.29) is 25.5 Å². The molecule has 1 N–H and O–H groups in total. The van der Waals surface area contributed by atoms with Crippen LogP contribution >= 0.6 is 11.6 Å². The number of hydrogen-bond donors (Lipinski definition) is 1. The van der Waals surface area contributed by atoms with E-state index in [1.165, 1.54) is 9.58 Å². The quantitative estimate of drug-likeness (QED) is 0.897. The fourth-order valence-corrected chi connectivity index (χ4v) is 2.60. The molecular weight excluding hydrogens is 323 g/mol. The van der Waals surface area contributed by atoms with E-state index in [1.54, 1.807) is 13.8 Å². The van der Waals surface area contributed by atoms with E-state index in [1.807, 2.05) is 0 Å². The molecule has 124 valence electrons. The molecule has 1 aromatic heterocycles. The summed E-state index contributed by atoms with van der Waals surface area (Å²) in [6.45, 7) is 3.07. The molecule has 0 atom stereocenters. The SMILES string of the molecule is Cc1nn(CC(=O)N2CCC(O)(C(F)(F)F)CC2)c(C)c1Cl. The van der Waals surface area contributed by atoms with Crippen molar-refractivity contribution in [2.75, 3.05) is 13.1 Å². The first-order valence-electron chi connectivity index (χ1n) is 6.81. The van der Waals surface area contributed by atoms with Crippen LogP contribution in [0.3, 0.4) is 0 Å². The highest BCUT2D eigenvalue weighted by Crippen LogP contribution is 2.38. The molecule has 1 amide bonds. The zero-order valence-corrected chi connectivity index (χ0v) is 13.0. The molecule has 5 nitrogen and oxygen atoms in total. The Bertz CT molecular complexity index is 578. The molecule has 22 heavy (non-hydrogen) atoms. The lowest BCUT2D eigenvalue weighted by Crippen LogP contribution is -2.54. The molecule has 9 heteroatoms. The van der Waals surface area contributed by atoms with Crippen molar-refractivity contribution in [2.45, 2.75) is 45.0 Å². The zero-order chi connectivity index (χ0) is 16.7. The standard InChI is InChI=1S/C13H17ClF3N3O2/c1-8-11(14)9(2)20(18-8)7-10(21)19-5-3-12(22,4-6-19)13(15,16)17/h22H,3-7H2,1-2H3. The highest BCUT2D eigenvalue weighted by atomic mass is 35.5. The van der Waals surface area contributed by atoms with Crippen molar-refractivity contribution < 1.29 is 23.1 Å². The van der Waals surface area contributed by atoms with E-state index in [0.717, 1.165) is 0 Å². The Labute approximate surface area is 130 Å². The van der Waals surface area contributed by atoms with Crippen LogP contribution in [0.5, 0.6) is 0 Å². The van der Waals surface area contributed by atoms with E-state index in [2.05, 4.69) is 5.10 Å². The summed E-state index contributed by atoms with van der Waals surface area (Å²) in [5, 5.41) is 14.2. The number of halogens is 4. The predicted octanol–water partition coefficient (Wildman–Crippen LogP) is 2.07. The van der Waals surface area contributed by atoms with Crippen LogP contribution in [-0.2, 0) is 11.3 Å². The van der Waals surface area contributed by atoms with Crippen LogP contribution in [0.15, 0.2) is 0 Å². The average Bonchev–Trinajstić information content (AvgIpc) is 2.66. The van der Waals surface area contributed by atoms with Crippen molar-refractivity contribution in [3.63, 3.8) is 0 Å². The smallest absolute Gasteiger partial charge is 0.380 e. The summed E-state index contributed by atoms with van der Waals surface area (Å²) in [5.41, 5.74) is -1.47. The van der Waals surface area contributed by atoms with Crippen molar-refractivity contribution in [1.82, 2.24) is 14.7 Å². The van der Waals surface area contributed by atoms with Crippen LogP contribution in [-0.4, -0.2) is 50.6 Å². The minimum Gasteiger partial charge on any atom is -0.380 e. The number of likely N-dealkylation sites (tertiary alicyclic amines) is 1. The number of amides is 1. The number of nitrogens with zero attached hydrogens (tertiary/aromatic N) is 3. The molecule has 0 aliphatic carbocycles. The molecule has 0 aromatic carbocycles. The first kappa shape index (κ1) is 17.1. The first-order chi connectivity index (χ1) is 10.0. The Morgan fingerprint density at radius 1 is 1.36 bits per heavy atom. The Morgan fingerprint density at radius 3 is 2.32 bits per heavy atom. The van der Waals surface area contributed by atoms with Crippen molar-refractivity contribution in [2.24, 2.45) is 0 Å². The largest absolute Gasteiger partial charge is 0.417 e. The second kappa shape index (κ2) is 5.73. The summed E-state index contributed by atoms with van der Waals surface area (Å²) in [5.74, 6) is -0.341. The number of carbonyl (C=O) groups excluding carboxylic acids is 1. The third kappa shape index (κ3) is 3.08. The van der Waals surface area contributed by atoms with Gasteiger partial charge in [0, 0.05) is 25.9 Å². The number of piperidine rings is 1. The molecule has 2 rings (SSSR count). The van der Waals surface area contributed by atoms with Gasteiger partial charge < -0.3 is 10.0 Å². The Kier molecular flexibility index (Phi) is 4.45. The third-order valence-electron chi connectivity index (χ3n) is 4.05. The topological polar surface area (TPSA) is 58.4 Å². The maximum absolute atomic E-state index is 12.7. The van der Waals surface area contributed by atoms with Gasteiger partial charge in [-0.3, -0.25) is 9.48 Å². The van der Waals surface area contributed by atoms with Gasteiger partial charge in [-0.2, -0.15) is 18.3 Å². The number of carbonyl (C=O) groups is 1. The summed E-state index contributed by atoms with van der Waals surface area (Å²) >= 11 is 5.99. The molecule has 1 aromatic rings. The van der Waals surface area contributed by atoms with E-state index in [9.17, 15) is 23.1 Å².